The molecule has 0 bridgehead atoms. The van der Waals surface area contributed by atoms with Gasteiger partial charge in [-0.05, 0) is 28.5 Å². The lowest BCUT2D eigenvalue weighted by atomic mass is 9.46. The van der Waals surface area contributed by atoms with E-state index in [4.69, 9.17) is 0 Å². The Morgan fingerprint density at radius 2 is 1.24 bits per heavy atom. The van der Waals surface area contributed by atoms with E-state index in [0.29, 0.717) is 0 Å². The molecule has 0 aromatic heterocycles. The normalized spacial score (nSPS) is 12.8. The van der Waals surface area contributed by atoms with Gasteiger partial charge in [0.1, 0.15) is 11.7 Å². The Morgan fingerprint density at radius 3 is 1.52 bits per heavy atom. The molecule has 0 radical (unpaired) electrons. The molecule has 0 saturated carbocycles. The van der Waals surface area contributed by atoms with Crippen molar-refractivity contribution in [1.29, 1.82) is 10.5 Å². The molecule has 0 heterocycles. The first kappa shape index (κ1) is 17.1. The van der Waals surface area contributed by atoms with Crippen LogP contribution in [0.1, 0.15) is 47.1 Å². The Balaban J connectivity index is 3.82. The van der Waals surface area contributed by atoms with Gasteiger partial charge in [0, 0.05) is 5.41 Å². The van der Waals surface area contributed by atoms with Crippen LogP contribution < -0.4 is 0 Å². The minimum atomic E-state index is -0.776. The molecule has 0 aliphatic rings. The summed E-state index contributed by atoms with van der Waals surface area (Å²) in [5, 5.41) is 28.7. The molecular weight excluding hydrogens is 260 g/mol. The molecule has 0 aliphatic carbocycles. The summed E-state index contributed by atoms with van der Waals surface area (Å²) in [5.41, 5.74) is -0.359. The van der Waals surface area contributed by atoms with E-state index < -0.39 is 11.3 Å². The zero-order valence-corrected chi connectivity index (χ0v) is 13.7. The molecule has 3 nitrogen and oxygen atoms in total. The van der Waals surface area contributed by atoms with Crippen LogP contribution >= 0.6 is 0 Å². The van der Waals surface area contributed by atoms with Crippen molar-refractivity contribution < 1.29 is 5.11 Å². The Labute approximate surface area is 127 Å². The van der Waals surface area contributed by atoms with Crippen LogP contribution in [-0.2, 0) is 5.41 Å². The van der Waals surface area contributed by atoms with Crippen LogP contribution in [0.4, 0.5) is 0 Å². The summed E-state index contributed by atoms with van der Waals surface area (Å²) in [6.45, 7) is 12.4. The number of hydrogen-bond donors (Lipinski definition) is 1. The second-order valence-corrected chi connectivity index (χ2v) is 7.55. The van der Waals surface area contributed by atoms with Crippen molar-refractivity contribution in [3.05, 3.63) is 29.8 Å². The number of phenolic OH excluding ortho intramolecular Hbond substituents is 1. The topological polar surface area (TPSA) is 67.8 Å². The van der Waals surface area contributed by atoms with E-state index in [1.165, 1.54) is 0 Å². The fourth-order valence-corrected chi connectivity index (χ4v) is 3.97. The summed E-state index contributed by atoms with van der Waals surface area (Å²) in [6.07, 6.45) is 0. The molecule has 0 aliphatic heterocycles. The summed E-state index contributed by atoms with van der Waals surface area (Å²) in [4.78, 5) is 0. The van der Waals surface area contributed by atoms with E-state index in [2.05, 4.69) is 53.7 Å². The predicted octanol–water partition coefficient (Wildman–Crippen LogP) is 4.39. The number of phenols is 1. The van der Waals surface area contributed by atoms with Gasteiger partial charge in [0.05, 0.1) is 12.1 Å². The maximum Gasteiger partial charge on any atom is 0.143 e. The first-order valence-electron chi connectivity index (χ1n) is 7.11. The molecule has 1 aromatic carbocycles. The Hall–Kier alpha value is -2.00. The molecular formula is C18H24N2O. The molecule has 0 atom stereocenters. The van der Waals surface area contributed by atoms with Gasteiger partial charge in [-0.1, -0.05) is 53.7 Å². The number of aromatic hydroxyl groups is 1. The molecule has 112 valence electrons. The summed E-state index contributed by atoms with van der Waals surface area (Å²) in [6, 6.07) is 11.3. The Morgan fingerprint density at radius 1 is 0.857 bits per heavy atom. The largest absolute Gasteiger partial charge is 0.508 e. The number of hydrogen-bond acceptors (Lipinski definition) is 3. The van der Waals surface area contributed by atoms with Gasteiger partial charge in [0.2, 0.25) is 0 Å². The second-order valence-electron chi connectivity index (χ2n) is 7.55. The van der Waals surface area contributed by atoms with E-state index in [0.717, 1.165) is 5.56 Å². The second kappa shape index (κ2) is 5.41. The molecule has 0 saturated heterocycles. The third kappa shape index (κ3) is 2.61. The van der Waals surface area contributed by atoms with Gasteiger partial charge in [-0.15, -0.1) is 0 Å². The molecule has 0 amide bonds. The molecule has 3 heteroatoms. The van der Waals surface area contributed by atoms with Crippen molar-refractivity contribution in [2.24, 2.45) is 16.7 Å². The van der Waals surface area contributed by atoms with Gasteiger partial charge in [0.25, 0.3) is 0 Å². The fourth-order valence-electron chi connectivity index (χ4n) is 3.97. The van der Waals surface area contributed by atoms with Gasteiger partial charge in [-0.3, -0.25) is 0 Å². The average Bonchev–Trinajstić information content (AvgIpc) is 2.34. The minimum absolute atomic E-state index is 0.181. The van der Waals surface area contributed by atoms with Crippen molar-refractivity contribution >= 4 is 0 Å². The van der Waals surface area contributed by atoms with Gasteiger partial charge in [0.15, 0.2) is 0 Å². The smallest absolute Gasteiger partial charge is 0.143 e. The molecule has 0 unspecified atom stereocenters. The standard InChI is InChI=1S/C18H24N2O/c1-16(2,3)18(17(4,5)6,14(11-19)12-20)13-7-9-15(21)10-8-13/h7-10,14,21H,1-6H3. The van der Waals surface area contributed by atoms with Crippen molar-refractivity contribution in [3.63, 3.8) is 0 Å². The monoisotopic (exact) mass is 284 g/mol. The van der Waals surface area contributed by atoms with Crippen molar-refractivity contribution in [2.45, 2.75) is 47.0 Å². The van der Waals surface area contributed by atoms with Crippen LogP contribution in [0, 0.1) is 39.4 Å². The van der Waals surface area contributed by atoms with Crippen LogP contribution in [0.15, 0.2) is 24.3 Å². The Bertz CT molecular complexity index is 546. The first-order valence-corrected chi connectivity index (χ1v) is 7.11. The maximum atomic E-state index is 9.58. The zero-order chi connectivity index (χ0) is 16.5. The minimum Gasteiger partial charge on any atom is -0.508 e. The highest BCUT2D eigenvalue weighted by Crippen LogP contribution is 2.57. The van der Waals surface area contributed by atoms with E-state index in [9.17, 15) is 15.6 Å². The Kier molecular flexibility index (Phi) is 4.40. The lowest BCUT2D eigenvalue weighted by molar-refractivity contribution is 0.0312. The number of nitrogens with zero attached hydrogens (tertiary/aromatic N) is 2. The van der Waals surface area contributed by atoms with Gasteiger partial charge < -0.3 is 5.11 Å². The average molecular weight is 284 g/mol. The maximum absolute atomic E-state index is 9.58. The summed E-state index contributed by atoms with van der Waals surface area (Å²) >= 11 is 0. The highest BCUT2D eigenvalue weighted by molar-refractivity contribution is 5.39. The highest BCUT2D eigenvalue weighted by Gasteiger charge is 2.57. The summed E-state index contributed by atoms with van der Waals surface area (Å²) < 4.78 is 0. The molecule has 1 rings (SSSR count). The first-order chi connectivity index (χ1) is 9.52. The molecule has 21 heavy (non-hydrogen) atoms. The van der Waals surface area contributed by atoms with Crippen molar-refractivity contribution in [1.82, 2.24) is 0 Å². The predicted molar refractivity (Wildman–Crippen MR) is 83.4 cm³/mol. The van der Waals surface area contributed by atoms with Crippen molar-refractivity contribution in [3.8, 4) is 17.9 Å². The lowest BCUT2D eigenvalue weighted by Gasteiger charge is -2.55. The van der Waals surface area contributed by atoms with Crippen LogP contribution in [0.25, 0.3) is 0 Å². The van der Waals surface area contributed by atoms with Gasteiger partial charge >= 0.3 is 0 Å². The molecule has 1 aromatic rings. The van der Waals surface area contributed by atoms with Gasteiger partial charge in [-0.25, -0.2) is 0 Å². The SMILES string of the molecule is CC(C)(C)C(c1ccc(O)cc1)(C(C#N)C#N)C(C)(C)C. The third-order valence-electron chi connectivity index (χ3n) is 4.38. The van der Waals surface area contributed by atoms with E-state index in [-0.39, 0.29) is 16.6 Å². The summed E-state index contributed by atoms with van der Waals surface area (Å²) in [5.74, 6) is -0.594. The fraction of sp³-hybridized carbons (Fsp3) is 0.556. The lowest BCUT2D eigenvalue weighted by Crippen LogP contribution is -2.54. The zero-order valence-electron chi connectivity index (χ0n) is 13.7. The number of rotatable bonds is 2. The van der Waals surface area contributed by atoms with Crippen molar-refractivity contribution in [2.75, 3.05) is 0 Å². The molecule has 0 spiro atoms. The summed E-state index contributed by atoms with van der Waals surface area (Å²) in [7, 11) is 0. The molecule has 0 fully saturated rings. The van der Waals surface area contributed by atoms with E-state index in [1.54, 1.807) is 12.1 Å². The van der Waals surface area contributed by atoms with E-state index >= 15 is 0 Å². The van der Waals surface area contributed by atoms with E-state index in [1.807, 2.05) is 12.1 Å². The molecule has 1 N–H and O–H groups in total. The quantitative estimate of drug-likeness (QED) is 0.876. The van der Waals surface area contributed by atoms with Gasteiger partial charge in [-0.2, -0.15) is 10.5 Å². The van der Waals surface area contributed by atoms with Crippen LogP contribution in [0.5, 0.6) is 5.75 Å². The number of benzene rings is 1. The third-order valence-corrected chi connectivity index (χ3v) is 4.38. The van der Waals surface area contributed by atoms with Crippen LogP contribution in [-0.4, -0.2) is 5.11 Å². The highest BCUT2D eigenvalue weighted by atomic mass is 16.3. The van der Waals surface area contributed by atoms with Crippen LogP contribution in [0.3, 0.4) is 0 Å². The number of nitriles is 2. The van der Waals surface area contributed by atoms with Crippen LogP contribution in [0.2, 0.25) is 0 Å².